The van der Waals surface area contributed by atoms with Gasteiger partial charge in [-0.05, 0) is 20.3 Å². The molecule has 0 saturated carbocycles. The quantitative estimate of drug-likeness (QED) is 0.656. The van der Waals surface area contributed by atoms with Crippen LogP contribution in [-0.4, -0.2) is 18.4 Å². The molecule has 0 saturated heterocycles. The highest BCUT2D eigenvalue weighted by molar-refractivity contribution is 4.83. The zero-order chi connectivity index (χ0) is 10.5. The molecule has 0 aliphatic carbocycles. The van der Waals surface area contributed by atoms with Gasteiger partial charge in [0.1, 0.15) is 0 Å². The number of unbranched alkanes of at least 4 members (excludes halogenated alkanes) is 1. The van der Waals surface area contributed by atoms with Crippen molar-refractivity contribution in [3.8, 4) is 0 Å². The molecule has 0 radical (unpaired) electrons. The largest absolute Gasteiger partial charge is 0.417 e. The third-order valence-corrected chi connectivity index (χ3v) is 2.07. The van der Waals surface area contributed by atoms with Crippen LogP contribution in [0.25, 0.3) is 0 Å². The highest BCUT2D eigenvalue weighted by Crippen LogP contribution is 2.37. The molecule has 0 bridgehead atoms. The molecule has 1 atom stereocenters. The van der Waals surface area contributed by atoms with Crippen molar-refractivity contribution in [3.05, 3.63) is 0 Å². The lowest BCUT2D eigenvalue weighted by Gasteiger charge is -2.31. The van der Waals surface area contributed by atoms with Gasteiger partial charge in [0.05, 0.1) is 0 Å². The van der Waals surface area contributed by atoms with E-state index in [9.17, 15) is 13.2 Å². The highest BCUT2D eigenvalue weighted by Gasteiger charge is 2.51. The second kappa shape index (κ2) is 4.84. The van der Waals surface area contributed by atoms with Crippen LogP contribution >= 0.6 is 0 Å². The van der Waals surface area contributed by atoms with Gasteiger partial charge in [-0.1, -0.05) is 19.8 Å². The predicted octanol–water partition coefficient (Wildman–Crippen LogP) is 3.53. The molecule has 0 aromatic rings. The molecule has 0 amide bonds. The maximum Gasteiger partial charge on any atom is 0.417 e. The van der Waals surface area contributed by atoms with Gasteiger partial charge in [0.25, 0.3) is 0 Å². The maximum atomic E-state index is 12.5. The Morgan fingerprint density at radius 3 is 2.00 bits per heavy atom. The first-order valence-corrected chi connectivity index (χ1v) is 4.58. The van der Waals surface area contributed by atoms with E-state index in [1.165, 1.54) is 0 Å². The predicted molar refractivity (Wildman–Crippen MR) is 45.6 cm³/mol. The summed E-state index contributed by atoms with van der Waals surface area (Å²) in [4.78, 5) is 0. The molecule has 0 heterocycles. The smallest absolute Gasteiger partial charge is 0.366 e. The standard InChI is InChI=1S/C9H17F3O/c1-4-6-7-8(3,13-5-2)9(10,11)12/h4-7H2,1-3H3. The second-order valence-corrected chi connectivity index (χ2v) is 3.27. The van der Waals surface area contributed by atoms with Gasteiger partial charge in [-0.25, -0.2) is 0 Å². The minimum atomic E-state index is -4.27. The molecule has 1 nitrogen and oxygen atoms in total. The van der Waals surface area contributed by atoms with Crippen LogP contribution in [0.2, 0.25) is 0 Å². The van der Waals surface area contributed by atoms with Crippen LogP contribution in [0.5, 0.6) is 0 Å². The van der Waals surface area contributed by atoms with Gasteiger partial charge in [-0.15, -0.1) is 0 Å². The fraction of sp³-hybridized carbons (Fsp3) is 1.00. The first-order chi connectivity index (χ1) is 5.87. The first-order valence-electron chi connectivity index (χ1n) is 4.58. The fourth-order valence-electron chi connectivity index (χ4n) is 1.13. The summed E-state index contributed by atoms with van der Waals surface area (Å²) in [5.41, 5.74) is -1.96. The number of halogens is 3. The van der Waals surface area contributed by atoms with Crippen molar-refractivity contribution in [2.75, 3.05) is 6.61 Å². The summed E-state index contributed by atoms with van der Waals surface area (Å²) >= 11 is 0. The minimum Gasteiger partial charge on any atom is -0.366 e. The summed E-state index contributed by atoms with van der Waals surface area (Å²) < 4.78 is 42.2. The summed E-state index contributed by atoms with van der Waals surface area (Å²) in [7, 11) is 0. The van der Waals surface area contributed by atoms with Gasteiger partial charge in [0.15, 0.2) is 5.60 Å². The van der Waals surface area contributed by atoms with Gasteiger partial charge in [0, 0.05) is 6.61 Å². The monoisotopic (exact) mass is 198 g/mol. The molecule has 0 aromatic carbocycles. The third kappa shape index (κ3) is 3.55. The summed E-state index contributed by atoms with van der Waals surface area (Å²) in [6.07, 6.45) is -2.94. The van der Waals surface area contributed by atoms with Crippen LogP contribution in [0, 0.1) is 0 Å². The molecular formula is C9H17F3O. The van der Waals surface area contributed by atoms with Crippen molar-refractivity contribution >= 4 is 0 Å². The topological polar surface area (TPSA) is 9.23 Å². The van der Waals surface area contributed by atoms with E-state index in [0.29, 0.717) is 6.42 Å². The molecule has 0 aliphatic heterocycles. The van der Waals surface area contributed by atoms with E-state index < -0.39 is 11.8 Å². The number of ether oxygens (including phenoxy) is 1. The molecule has 0 rings (SSSR count). The Balaban J connectivity index is 4.34. The average molecular weight is 198 g/mol. The lowest BCUT2D eigenvalue weighted by atomic mass is 9.98. The third-order valence-electron chi connectivity index (χ3n) is 2.07. The second-order valence-electron chi connectivity index (χ2n) is 3.27. The molecule has 80 valence electrons. The molecule has 13 heavy (non-hydrogen) atoms. The average Bonchev–Trinajstić information content (AvgIpc) is 1.99. The van der Waals surface area contributed by atoms with E-state index in [1.807, 2.05) is 6.92 Å². The van der Waals surface area contributed by atoms with Crippen molar-refractivity contribution in [1.82, 2.24) is 0 Å². The van der Waals surface area contributed by atoms with Crippen molar-refractivity contribution in [2.45, 2.75) is 51.8 Å². The summed E-state index contributed by atoms with van der Waals surface area (Å²) in [6.45, 7) is 4.66. The van der Waals surface area contributed by atoms with Gasteiger partial charge in [-0.2, -0.15) is 13.2 Å². The fourth-order valence-corrected chi connectivity index (χ4v) is 1.13. The highest BCUT2D eigenvalue weighted by atomic mass is 19.4. The van der Waals surface area contributed by atoms with E-state index >= 15 is 0 Å². The molecular weight excluding hydrogens is 181 g/mol. The molecule has 0 spiro atoms. The number of alkyl halides is 3. The first kappa shape index (κ1) is 12.8. The number of hydrogen-bond donors (Lipinski definition) is 0. The number of hydrogen-bond acceptors (Lipinski definition) is 1. The Bertz CT molecular complexity index is 144. The minimum absolute atomic E-state index is 0.0425. The van der Waals surface area contributed by atoms with Crippen LogP contribution in [0.1, 0.15) is 40.0 Å². The van der Waals surface area contributed by atoms with Crippen LogP contribution in [-0.2, 0) is 4.74 Å². The Hall–Kier alpha value is -0.250. The lowest BCUT2D eigenvalue weighted by Crippen LogP contribution is -2.44. The van der Waals surface area contributed by atoms with Gasteiger partial charge >= 0.3 is 6.18 Å². The van der Waals surface area contributed by atoms with Crippen molar-refractivity contribution in [3.63, 3.8) is 0 Å². The molecule has 1 unspecified atom stereocenters. The SMILES string of the molecule is CCCCC(C)(OCC)C(F)(F)F. The van der Waals surface area contributed by atoms with Gasteiger partial charge < -0.3 is 4.74 Å². The molecule has 0 aliphatic rings. The number of rotatable bonds is 5. The van der Waals surface area contributed by atoms with Crippen LogP contribution in [0.4, 0.5) is 13.2 Å². The van der Waals surface area contributed by atoms with E-state index in [1.54, 1.807) is 6.92 Å². The van der Waals surface area contributed by atoms with E-state index in [0.717, 1.165) is 13.3 Å². The Morgan fingerprint density at radius 1 is 1.15 bits per heavy atom. The Morgan fingerprint density at radius 2 is 1.69 bits per heavy atom. The lowest BCUT2D eigenvalue weighted by molar-refractivity contribution is -0.272. The van der Waals surface area contributed by atoms with Crippen molar-refractivity contribution in [1.29, 1.82) is 0 Å². The van der Waals surface area contributed by atoms with Gasteiger partial charge in [0.2, 0.25) is 0 Å². The molecule has 0 fully saturated rings. The normalized spacial score (nSPS) is 17.1. The summed E-state index contributed by atoms with van der Waals surface area (Å²) in [5.74, 6) is 0. The molecule has 0 aromatic heterocycles. The van der Waals surface area contributed by atoms with E-state index in [-0.39, 0.29) is 13.0 Å². The van der Waals surface area contributed by atoms with E-state index in [2.05, 4.69) is 0 Å². The maximum absolute atomic E-state index is 12.5. The Kier molecular flexibility index (Phi) is 4.75. The molecule has 4 heteroatoms. The van der Waals surface area contributed by atoms with Gasteiger partial charge in [-0.3, -0.25) is 0 Å². The van der Waals surface area contributed by atoms with Crippen LogP contribution < -0.4 is 0 Å². The summed E-state index contributed by atoms with van der Waals surface area (Å²) in [5, 5.41) is 0. The zero-order valence-corrected chi connectivity index (χ0v) is 8.37. The Labute approximate surface area is 77.3 Å². The molecule has 0 N–H and O–H groups in total. The van der Waals surface area contributed by atoms with Crippen LogP contribution in [0.15, 0.2) is 0 Å². The summed E-state index contributed by atoms with van der Waals surface area (Å²) in [6, 6.07) is 0. The zero-order valence-electron chi connectivity index (χ0n) is 8.37. The van der Waals surface area contributed by atoms with E-state index in [4.69, 9.17) is 4.74 Å². The van der Waals surface area contributed by atoms with Crippen molar-refractivity contribution < 1.29 is 17.9 Å². The van der Waals surface area contributed by atoms with Crippen LogP contribution in [0.3, 0.4) is 0 Å². The van der Waals surface area contributed by atoms with Crippen molar-refractivity contribution in [2.24, 2.45) is 0 Å².